The lowest BCUT2D eigenvalue weighted by molar-refractivity contribution is -0.336. The molecule has 0 amide bonds. The first-order valence-electron chi connectivity index (χ1n) is 14.5. The van der Waals surface area contributed by atoms with E-state index in [4.69, 9.17) is 28.4 Å². The molecule has 0 bridgehead atoms. The van der Waals surface area contributed by atoms with Crippen molar-refractivity contribution in [2.45, 2.75) is 88.2 Å². The third kappa shape index (κ3) is 8.05. The predicted molar refractivity (Wildman–Crippen MR) is 154 cm³/mol. The number of benzene rings is 3. The molecule has 43 heavy (non-hydrogen) atoms. The Labute approximate surface area is 251 Å². The highest BCUT2D eigenvalue weighted by molar-refractivity contribution is 5.15. The Bertz CT molecular complexity index is 1220. The molecule has 0 radical (unpaired) electrons. The molecule has 4 N–H and O–H groups in total. The first kappa shape index (κ1) is 31.7. The van der Waals surface area contributed by atoms with E-state index in [1.165, 1.54) is 0 Å². The van der Waals surface area contributed by atoms with Gasteiger partial charge in [0.1, 0.15) is 42.7 Å². The maximum atomic E-state index is 11.3. The van der Waals surface area contributed by atoms with Gasteiger partial charge in [-0.3, -0.25) is 0 Å². The van der Waals surface area contributed by atoms with Crippen molar-refractivity contribution >= 4 is 0 Å². The van der Waals surface area contributed by atoms with Crippen molar-refractivity contribution in [3.8, 4) is 0 Å². The molecule has 2 aliphatic heterocycles. The fourth-order valence-electron chi connectivity index (χ4n) is 5.39. The zero-order chi connectivity index (χ0) is 30.2. The summed E-state index contributed by atoms with van der Waals surface area (Å²) in [6, 6.07) is 28.6. The Balaban J connectivity index is 1.34. The highest BCUT2D eigenvalue weighted by Gasteiger charge is 2.53. The summed E-state index contributed by atoms with van der Waals surface area (Å²) in [5, 5.41) is 42.5. The predicted octanol–water partition coefficient (Wildman–Crippen LogP) is 2.30. The molecule has 10 atom stereocenters. The highest BCUT2D eigenvalue weighted by atomic mass is 16.7. The molecule has 0 spiro atoms. The summed E-state index contributed by atoms with van der Waals surface area (Å²) in [6.45, 7) is 1.79. The van der Waals surface area contributed by atoms with Gasteiger partial charge in [-0.05, 0) is 23.6 Å². The van der Waals surface area contributed by atoms with Crippen LogP contribution in [0.25, 0.3) is 0 Å². The monoisotopic (exact) mass is 596 g/mol. The van der Waals surface area contributed by atoms with Crippen LogP contribution < -0.4 is 0 Å². The minimum atomic E-state index is -1.44. The van der Waals surface area contributed by atoms with Crippen molar-refractivity contribution in [2.75, 3.05) is 6.61 Å². The van der Waals surface area contributed by atoms with Crippen LogP contribution in [0.4, 0.5) is 0 Å². The molecule has 5 rings (SSSR count). The molecule has 0 aliphatic carbocycles. The van der Waals surface area contributed by atoms with Gasteiger partial charge in [0.25, 0.3) is 0 Å². The maximum absolute atomic E-state index is 11.3. The average Bonchev–Trinajstić information content (AvgIpc) is 3.35. The van der Waals surface area contributed by atoms with Gasteiger partial charge in [0.2, 0.25) is 0 Å². The zero-order valence-electron chi connectivity index (χ0n) is 24.0. The van der Waals surface area contributed by atoms with Crippen LogP contribution in [-0.4, -0.2) is 88.4 Å². The summed E-state index contributed by atoms with van der Waals surface area (Å²) in [5.41, 5.74) is 2.72. The summed E-state index contributed by atoms with van der Waals surface area (Å²) in [7, 11) is 0. The lowest BCUT2D eigenvalue weighted by Gasteiger charge is -2.44. The van der Waals surface area contributed by atoms with Crippen molar-refractivity contribution in [3.05, 3.63) is 108 Å². The maximum Gasteiger partial charge on any atom is 0.187 e. The van der Waals surface area contributed by atoms with Gasteiger partial charge in [0, 0.05) is 0 Å². The van der Waals surface area contributed by atoms with Crippen LogP contribution in [0.2, 0.25) is 0 Å². The van der Waals surface area contributed by atoms with Gasteiger partial charge >= 0.3 is 0 Å². The van der Waals surface area contributed by atoms with E-state index < -0.39 is 68.0 Å². The van der Waals surface area contributed by atoms with E-state index in [1.807, 2.05) is 91.0 Å². The van der Waals surface area contributed by atoms with Crippen LogP contribution in [0.5, 0.6) is 0 Å². The van der Waals surface area contributed by atoms with Crippen molar-refractivity contribution in [1.82, 2.24) is 0 Å². The molecule has 0 saturated carbocycles. The van der Waals surface area contributed by atoms with E-state index >= 15 is 0 Å². The van der Waals surface area contributed by atoms with Gasteiger partial charge in [-0.1, -0.05) is 91.0 Å². The van der Waals surface area contributed by atoms with E-state index in [0.717, 1.165) is 16.7 Å². The second-order valence-electron chi connectivity index (χ2n) is 10.8. The molecule has 3 aromatic carbocycles. The molecular formula is C33H40O10. The van der Waals surface area contributed by atoms with E-state index in [1.54, 1.807) is 6.92 Å². The van der Waals surface area contributed by atoms with Crippen molar-refractivity contribution in [1.29, 1.82) is 0 Å². The van der Waals surface area contributed by atoms with Gasteiger partial charge in [-0.25, -0.2) is 0 Å². The zero-order valence-corrected chi connectivity index (χ0v) is 24.0. The van der Waals surface area contributed by atoms with E-state index in [9.17, 15) is 20.4 Å². The van der Waals surface area contributed by atoms with E-state index in [-0.39, 0.29) is 19.8 Å². The van der Waals surface area contributed by atoms with Crippen LogP contribution >= 0.6 is 0 Å². The molecule has 0 aromatic heterocycles. The minimum absolute atomic E-state index is 0.137. The van der Waals surface area contributed by atoms with Crippen LogP contribution in [0.3, 0.4) is 0 Å². The molecule has 2 aliphatic rings. The molecule has 2 fully saturated rings. The Morgan fingerprint density at radius 3 is 1.60 bits per heavy atom. The first-order chi connectivity index (χ1) is 20.9. The van der Waals surface area contributed by atoms with Crippen LogP contribution in [-0.2, 0) is 48.2 Å². The molecule has 2 saturated heterocycles. The summed E-state index contributed by atoms with van der Waals surface area (Å²) in [4.78, 5) is 0. The summed E-state index contributed by atoms with van der Waals surface area (Å²) in [5.74, 6) is 0. The SMILES string of the molecule is C[C@@H]1O[C@@H](O)[C@H](O[C@H]2O[C@@H]([C@H](O)CO)[C@H](OCc3ccccc3)[C@H]2O)[C@H](OCc2ccccc2)[C@H]1OCc1ccccc1. The van der Waals surface area contributed by atoms with Gasteiger partial charge in [0.15, 0.2) is 12.6 Å². The van der Waals surface area contributed by atoms with E-state index in [0.29, 0.717) is 0 Å². The van der Waals surface area contributed by atoms with Gasteiger partial charge in [0.05, 0.1) is 32.5 Å². The largest absolute Gasteiger partial charge is 0.394 e. The minimum Gasteiger partial charge on any atom is -0.394 e. The molecular weight excluding hydrogens is 556 g/mol. The number of hydrogen-bond donors (Lipinski definition) is 4. The Morgan fingerprint density at radius 2 is 1.12 bits per heavy atom. The lowest BCUT2D eigenvalue weighted by Crippen LogP contribution is -2.60. The van der Waals surface area contributed by atoms with Crippen LogP contribution in [0, 0.1) is 0 Å². The Kier molecular flexibility index (Phi) is 11.3. The molecule has 0 unspecified atom stereocenters. The van der Waals surface area contributed by atoms with Crippen LogP contribution in [0.1, 0.15) is 23.6 Å². The van der Waals surface area contributed by atoms with Gasteiger partial charge < -0.3 is 48.8 Å². The summed E-state index contributed by atoms with van der Waals surface area (Å²) >= 11 is 0. The van der Waals surface area contributed by atoms with Gasteiger partial charge in [-0.2, -0.15) is 0 Å². The third-order valence-electron chi connectivity index (χ3n) is 7.69. The number of hydrogen-bond acceptors (Lipinski definition) is 10. The Hall–Kier alpha value is -2.74. The number of ether oxygens (including phenoxy) is 6. The van der Waals surface area contributed by atoms with Crippen LogP contribution in [0.15, 0.2) is 91.0 Å². The smallest absolute Gasteiger partial charge is 0.187 e. The lowest BCUT2D eigenvalue weighted by atomic mass is 9.98. The quantitative estimate of drug-likeness (QED) is 0.233. The third-order valence-corrected chi connectivity index (χ3v) is 7.69. The van der Waals surface area contributed by atoms with Crippen molar-refractivity contribution in [3.63, 3.8) is 0 Å². The normalized spacial score (nSPS) is 31.6. The molecule has 3 aromatic rings. The first-order valence-corrected chi connectivity index (χ1v) is 14.5. The second kappa shape index (κ2) is 15.3. The summed E-state index contributed by atoms with van der Waals surface area (Å²) < 4.78 is 36.5. The average molecular weight is 597 g/mol. The van der Waals surface area contributed by atoms with Gasteiger partial charge in [-0.15, -0.1) is 0 Å². The topological polar surface area (TPSA) is 136 Å². The standard InChI is InChI=1S/C33H40O10/c1-21-27(38-18-22-11-5-2-6-12-22)30(40-20-24-15-9-4-10-16-24)31(32(37)41-21)43-33-26(36)29(28(42-33)25(35)17-34)39-19-23-13-7-3-8-14-23/h2-16,21,25-37H,17-20H2,1H3/t21-,25+,26+,27-,28-,29+,30+,31+,32+,33+/m0/s1. The molecule has 232 valence electrons. The van der Waals surface area contributed by atoms with Crippen molar-refractivity contribution < 1.29 is 48.8 Å². The fraction of sp³-hybridized carbons (Fsp3) is 0.455. The van der Waals surface area contributed by atoms with E-state index in [2.05, 4.69) is 0 Å². The summed E-state index contributed by atoms with van der Waals surface area (Å²) in [6.07, 6.45) is -10.8. The molecule has 10 heteroatoms. The van der Waals surface area contributed by atoms with Crippen molar-refractivity contribution in [2.24, 2.45) is 0 Å². The molecule has 10 nitrogen and oxygen atoms in total. The second-order valence-corrected chi connectivity index (χ2v) is 10.8. The molecule has 2 heterocycles. The number of aliphatic hydroxyl groups is 4. The number of rotatable bonds is 13. The number of aliphatic hydroxyl groups excluding tert-OH is 4. The highest BCUT2D eigenvalue weighted by Crippen LogP contribution is 2.34. The fourth-order valence-corrected chi connectivity index (χ4v) is 5.39. The Morgan fingerprint density at radius 1 is 0.651 bits per heavy atom.